The van der Waals surface area contributed by atoms with E-state index in [1.165, 1.54) is 12.5 Å². The van der Waals surface area contributed by atoms with Crippen molar-refractivity contribution >= 4 is 11.4 Å². The summed E-state index contributed by atoms with van der Waals surface area (Å²) in [7, 11) is 0. The van der Waals surface area contributed by atoms with Gasteiger partial charge in [0.25, 0.3) is 0 Å². The first-order valence-corrected chi connectivity index (χ1v) is 7.00. The number of halogens is 2. The smallest absolute Gasteiger partial charge is 0.183 e. The van der Waals surface area contributed by atoms with Crippen molar-refractivity contribution in [3.8, 4) is 0 Å². The maximum Gasteiger partial charge on any atom is 0.183 e. The normalized spacial score (nSPS) is 23.6. The molecule has 1 aromatic rings. The third-order valence-corrected chi connectivity index (χ3v) is 4.13. The second kappa shape index (κ2) is 5.76. The average molecular weight is 268 g/mol. The Hall–Kier alpha value is -1.32. The monoisotopic (exact) mass is 268 g/mol. The van der Waals surface area contributed by atoms with Crippen molar-refractivity contribution in [2.75, 3.05) is 11.1 Å². The highest BCUT2D eigenvalue weighted by Gasteiger charge is 2.28. The van der Waals surface area contributed by atoms with Crippen LogP contribution in [0.2, 0.25) is 0 Å². The lowest BCUT2D eigenvalue weighted by atomic mass is 9.77. The Kier molecular flexibility index (Phi) is 4.27. The molecule has 2 atom stereocenters. The predicted octanol–water partition coefficient (Wildman–Crippen LogP) is 4.17. The van der Waals surface area contributed by atoms with Gasteiger partial charge in [-0.3, -0.25) is 0 Å². The molecule has 4 heteroatoms. The van der Waals surface area contributed by atoms with Crippen LogP contribution in [0.15, 0.2) is 12.1 Å². The summed E-state index contributed by atoms with van der Waals surface area (Å²) in [6.07, 6.45) is 4.45. The number of nitrogen functional groups attached to an aromatic ring is 1. The van der Waals surface area contributed by atoms with E-state index in [9.17, 15) is 8.78 Å². The second-order valence-electron chi connectivity index (χ2n) is 5.77. The van der Waals surface area contributed by atoms with Crippen LogP contribution in [-0.4, -0.2) is 6.04 Å². The summed E-state index contributed by atoms with van der Waals surface area (Å²) in [6.45, 7) is 4.35. The first-order chi connectivity index (χ1) is 9.00. The summed E-state index contributed by atoms with van der Waals surface area (Å²) in [5.74, 6) is -0.715. The summed E-state index contributed by atoms with van der Waals surface area (Å²) in [5.41, 5.74) is 6.15. The molecule has 1 aromatic carbocycles. The minimum atomic E-state index is -0.868. The summed E-state index contributed by atoms with van der Waals surface area (Å²) in [4.78, 5) is 0. The molecule has 1 saturated carbocycles. The molecule has 2 unspecified atom stereocenters. The summed E-state index contributed by atoms with van der Waals surface area (Å²) in [5, 5.41) is 3.15. The van der Waals surface area contributed by atoms with Crippen molar-refractivity contribution in [3.05, 3.63) is 23.8 Å². The fourth-order valence-electron chi connectivity index (χ4n) is 3.03. The highest BCUT2D eigenvalue weighted by atomic mass is 19.2. The van der Waals surface area contributed by atoms with Gasteiger partial charge in [-0.2, -0.15) is 0 Å². The molecule has 0 saturated heterocycles. The number of rotatable bonds is 3. The van der Waals surface area contributed by atoms with Gasteiger partial charge in [-0.15, -0.1) is 0 Å². The van der Waals surface area contributed by atoms with Crippen LogP contribution in [0.1, 0.15) is 39.5 Å². The second-order valence-corrected chi connectivity index (χ2v) is 5.77. The molecule has 0 aromatic heterocycles. The van der Waals surface area contributed by atoms with Crippen LogP contribution in [-0.2, 0) is 0 Å². The molecule has 0 radical (unpaired) electrons. The van der Waals surface area contributed by atoms with E-state index in [0.717, 1.165) is 25.3 Å². The van der Waals surface area contributed by atoms with Crippen molar-refractivity contribution in [1.82, 2.24) is 0 Å². The molecule has 3 N–H and O–H groups in total. The molecule has 1 aliphatic carbocycles. The number of benzene rings is 1. The van der Waals surface area contributed by atoms with Gasteiger partial charge >= 0.3 is 0 Å². The van der Waals surface area contributed by atoms with Gasteiger partial charge in [-0.1, -0.05) is 26.7 Å². The lowest BCUT2D eigenvalue weighted by Crippen LogP contribution is -2.35. The summed E-state index contributed by atoms with van der Waals surface area (Å²) in [6, 6.07) is 2.65. The van der Waals surface area contributed by atoms with Crippen LogP contribution in [0.4, 0.5) is 20.2 Å². The molecule has 1 fully saturated rings. The number of anilines is 2. The van der Waals surface area contributed by atoms with E-state index < -0.39 is 11.6 Å². The van der Waals surface area contributed by atoms with Gasteiger partial charge in [-0.05, 0) is 36.8 Å². The van der Waals surface area contributed by atoms with Gasteiger partial charge in [0.2, 0.25) is 0 Å². The average Bonchev–Trinajstić information content (AvgIpc) is 2.39. The Bertz CT molecular complexity index is 446. The first-order valence-electron chi connectivity index (χ1n) is 7.00. The minimum Gasteiger partial charge on any atom is -0.397 e. The number of hydrogen-bond acceptors (Lipinski definition) is 2. The lowest BCUT2D eigenvalue weighted by Gasteiger charge is -2.35. The molecule has 1 aliphatic rings. The van der Waals surface area contributed by atoms with Crippen molar-refractivity contribution in [3.63, 3.8) is 0 Å². The number of nitrogens with one attached hydrogen (secondary N) is 1. The van der Waals surface area contributed by atoms with Gasteiger partial charge in [0.05, 0.1) is 11.4 Å². The molecule has 0 amide bonds. The third-order valence-electron chi connectivity index (χ3n) is 4.13. The number of hydrogen-bond donors (Lipinski definition) is 2. The van der Waals surface area contributed by atoms with Gasteiger partial charge in [0, 0.05) is 6.04 Å². The Morgan fingerprint density at radius 3 is 2.58 bits per heavy atom. The Morgan fingerprint density at radius 1 is 1.21 bits per heavy atom. The largest absolute Gasteiger partial charge is 0.397 e. The van der Waals surface area contributed by atoms with Gasteiger partial charge < -0.3 is 11.1 Å². The summed E-state index contributed by atoms with van der Waals surface area (Å²) >= 11 is 0. The predicted molar refractivity (Wildman–Crippen MR) is 75.0 cm³/mol. The zero-order chi connectivity index (χ0) is 14.0. The maximum atomic E-state index is 13.8. The maximum absolute atomic E-state index is 13.8. The van der Waals surface area contributed by atoms with Crippen molar-refractivity contribution in [1.29, 1.82) is 0 Å². The SMILES string of the molecule is CC(C)C1CCCCC1Nc1c(N)ccc(F)c1F. The molecule has 2 rings (SSSR count). The van der Waals surface area contributed by atoms with E-state index in [4.69, 9.17) is 5.73 Å². The quantitative estimate of drug-likeness (QED) is 0.807. The molecular formula is C15H22F2N2. The Balaban J connectivity index is 2.22. The Morgan fingerprint density at radius 2 is 1.89 bits per heavy atom. The van der Waals surface area contributed by atoms with Crippen molar-refractivity contribution in [2.24, 2.45) is 11.8 Å². The van der Waals surface area contributed by atoms with Crippen LogP contribution in [0.3, 0.4) is 0 Å². The highest BCUT2D eigenvalue weighted by molar-refractivity contribution is 5.67. The standard InChI is InChI=1S/C15H22F2N2/c1-9(2)10-5-3-4-6-13(10)19-15-12(18)8-7-11(16)14(15)17/h7-10,13,19H,3-6,18H2,1-2H3. The zero-order valence-corrected chi connectivity index (χ0v) is 11.5. The van der Waals surface area contributed by atoms with E-state index in [1.807, 2.05) is 0 Å². The van der Waals surface area contributed by atoms with Crippen LogP contribution >= 0.6 is 0 Å². The van der Waals surface area contributed by atoms with Crippen LogP contribution in [0.25, 0.3) is 0 Å². The molecule has 0 bridgehead atoms. The van der Waals surface area contributed by atoms with E-state index in [0.29, 0.717) is 11.8 Å². The van der Waals surface area contributed by atoms with Crippen LogP contribution < -0.4 is 11.1 Å². The zero-order valence-electron chi connectivity index (χ0n) is 11.5. The molecule has 2 nitrogen and oxygen atoms in total. The minimum absolute atomic E-state index is 0.123. The first kappa shape index (κ1) is 14.1. The fraction of sp³-hybridized carbons (Fsp3) is 0.600. The van der Waals surface area contributed by atoms with Crippen molar-refractivity contribution in [2.45, 2.75) is 45.6 Å². The Labute approximate surface area is 113 Å². The van der Waals surface area contributed by atoms with Gasteiger partial charge in [0.1, 0.15) is 0 Å². The fourth-order valence-corrected chi connectivity index (χ4v) is 3.03. The highest BCUT2D eigenvalue weighted by Crippen LogP contribution is 2.34. The van der Waals surface area contributed by atoms with Crippen molar-refractivity contribution < 1.29 is 8.78 Å². The molecule has 106 valence electrons. The van der Waals surface area contributed by atoms with Crippen LogP contribution in [0.5, 0.6) is 0 Å². The molecule has 0 aliphatic heterocycles. The lowest BCUT2D eigenvalue weighted by molar-refractivity contribution is 0.253. The van der Waals surface area contributed by atoms with E-state index >= 15 is 0 Å². The third kappa shape index (κ3) is 2.99. The van der Waals surface area contributed by atoms with E-state index in [-0.39, 0.29) is 17.4 Å². The van der Waals surface area contributed by atoms with E-state index in [2.05, 4.69) is 19.2 Å². The number of nitrogens with two attached hydrogens (primary N) is 1. The van der Waals surface area contributed by atoms with E-state index in [1.54, 1.807) is 0 Å². The van der Waals surface area contributed by atoms with Gasteiger partial charge in [-0.25, -0.2) is 8.78 Å². The topological polar surface area (TPSA) is 38.0 Å². The molecular weight excluding hydrogens is 246 g/mol. The molecule has 0 spiro atoms. The molecule has 0 heterocycles. The molecule has 19 heavy (non-hydrogen) atoms. The van der Waals surface area contributed by atoms with Crippen LogP contribution in [0, 0.1) is 23.5 Å². The summed E-state index contributed by atoms with van der Waals surface area (Å²) < 4.78 is 27.1. The van der Waals surface area contributed by atoms with Gasteiger partial charge in [0.15, 0.2) is 11.6 Å².